The predicted octanol–water partition coefficient (Wildman–Crippen LogP) is 3.13. The van der Waals surface area contributed by atoms with Crippen molar-refractivity contribution >= 4 is 11.6 Å². The summed E-state index contributed by atoms with van der Waals surface area (Å²) in [6.45, 7) is 0.248. The number of nitrogens with zero attached hydrogens (tertiary/aromatic N) is 3. The van der Waals surface area contributed by atoms with Crippen molar-refractivity contribution in [2.24, 2.45) is 17.8 Å². The molecular formula is C19H22N4O4. The number of aromatic nitrogens is 2. The van der Waals surface area contributed by atoms with Crippen molar-refractivity contribution in [2.75, 3.05) is 0 Å². The molecule has 4 aliphatic rings. The van der Waals surface area contributed by atoms with E-state index in [4.69, 9.17) is 4.42 Å². The Labute approximate surface area is 156 Å². The molecule has 2 aromatic heterocycles. The van der Waals surface area contributed by atoms with Gasteiger partial charge in [0.25, 0.3) is 5.91 Å². The van der Waals surface area contributed by atoms with Crippen LogP contribution in [0.1, 0.15) is 54.8 Å². The molecule has 2 aromatic rings. The molecular weight excluding hydrogens is 348 g/mol. The van der Waals surface area contributed by atoms with E-state index >= 15 is 0 Å². The average molecular weight is 370 g/mol. The molecule has 0 radical (unpaired) electrons. The smallest absolute Gasteiger partial charge is 0.307 e. The van der Waals surface area contributed by atoms with Crippen LogP contribution in [0.25, 0.3) is 0 Å². The predicted molar refractivity (Wildman–Crippen MR) is 95.1 cm³/mol. The molecule has 4 bridgehead atoms. The van der Waals surface area contributed by atoms with Crippen LogP contribution in [0.4, 0.5) is 5.69 Å². The number of carbonyl (C=O) groups excluding carboxylic acids is 1. The molecule has 8 nitrogen and oxygen atoms in total. The van der Waals surface area contributed by atoms with E-state index in [0.717, 1.165) is 37.0 Å². The standard InChI is InChI=1S/C19H22N4O4/c24-18(21-19-6-12-3-13(7-19)5-14(4-12)8-19)17-2-1-16(27-17)11-22-10-15(9-20-22)23(25)26/h1-2,9-10,12-14H,3-8,11H2,(H,21,24). The van der Waals surface area contributed by atoms with Gasteiger partial charge in [0.15, 0.2) is 5.76 Å². The minimum atomic E-state index is -0.490. The lowest BCUT2D eigenvalue weighted by atomic mass is 9.53. The number of nitro groups is 1. The maximum Gasteiger partial charge on any atom is 0.307 e. The number of furan rings is 1. The zero-order chi connectivity index (χ0) is 18.6. The van der Waals surface area contributed by atoms with Gasteiger partial charge in [0.2, 0.25) is 0 Å². The SMILES string of the molecule is O=C(NC12CC3CC(CC(C3)C1)C2)c1ccc(Cn2cc([N+](=O)[O-])cn2)o1. The summed E-state index contributed by atoms with van der Waals surface area (Å²) in [7, 11) is 0. The van der Waals surface area contributed by atoms with E-state index in [1.54, 1.807) is 12.1 Å². The fourth-order valence-electron chi connectivity index (χ4n) is 5.84. The van der Waals surface area contributed by atoms with Gasteiger partial charge in [0.1, 0.15) is 18.2 Å². The first-order chi connectivity index (χ1) is 13.0. The molecule has 142 valence electrons. The second-order valence-corrected chi connectivity index (χ2v) is 8.57. The van der Waals surface area contributed by atoms with Crippen molar-refractivity contribution in [1.29, 1.82) is 0 Å². The highest BCUT2D eigenvalue weighted by Gasteiger charge is 2.51. The fourth-order valence-corrected chi connectivity index (χ4v) is 5.84. The highest BCUT2D eigenvalue weighted by Crippen LogP contribution is 2.55. The Hall–Kier alpha value is -2.64. The Morgan fingerprint density at radius 3 is 2.52 bits per heavy atom. The topological polar surface area (TPSA) is 103 Å². The number of hydrogen-bond donors (Lipinski definition) is 1. The molecule has 0 aromatic carbocycles. The lowest BCUT2D eigenvalue weighted by Gasteiger charge is -2.56. The van der Waals surface area contributed by atoms with Crippen LogP contribution in [0.2, 0.25) is 0 Å². The van der Waals surface area contributed by atoms with Crippen molar-refractivity contribution in [3.63, 3.8) is 0 Å². The number of amides is 1. The average Bonchev–Trinajstić information content (AvgIpc) is 3.23. The molecule has 6 rings (SSSR count). The first-order valence-electron chi connectivity index (χ1n) is 9.56. The van der Waals surface area contributed by atoms with Crippen LogP contribution in [0.5, 0.6) is 0 Å². The monoisotopic (exact) mass is 370 g/mol. The molecule has 0 saturated heterocycles. The molecule has 8 heteroatoms. The van der Waals surface area contributed by atoms with Crippen molar-refractivity contribution in [2.45, 2.75) is 50.6 Å². The second-order valence-electron chi connectivity index (χ2n) is 8.57. The molecule has 0 aliphatic heterocycles. The van der Waals surface area contributed by atoms with E-state index in [-0.39, 0.29) is 23.7 Å². The van der Waals surface area contributed by atoms with Gasteiger partial charge in [0, 0.05) is 5.54 Å². The summed E-state index contributed by atoms with van der Waals surface area (Å²) >= 11 is 0. The maximum absolute atomic E-state index is 12.8. The Balaban J connectivity index is 1.27. The third-order valence-electron chi connectivity index (χ3n) is 6.45. The highest BCUT2D eigenvalue weighted by molar-refractivity contribution is 5.92. The minimum Gasteiger partial charge on any atom is -0.454 e. The van der Waals surface area contributed by atoms with Crippen molar-refractivity contribution in [3.05, 3.63) is 46.2 Å². The molecule has 1 amide bonds. The van der Waals surface area contributed by atoms with Gasteiger partial charge in [-0.1, -0.05) is 0 Å². The van der Waals surface area contributed by atoms with Crippen LogP contribution in [0, 0.1) is 27.9 Å². The zero-order valence-corrected chi connectivity index (χ0v) is 15.0. The van der Waals surface area contributed by atoms with Gasteiger partial charge in [-0.25, -0.2) is 0 Å². The van der Waals surface area contributed by atoms with E-state index in [9.17, 15) is 14.9 Å². The summed E-state index contributed by atoms with van der Waals surface area (Å²) in [5, 5.41) is 18.0. The fraction of sp³-hybridized carbons (Fsp3) is 0.579. The summed E-state index contributed by atoms with van der Waals surface area (Å²) < 4.78 is 7.12. The van der Waals surface area contributed by atoms with Crippen LogP contribution in [-0.4, -0.2) is 26.1 Å². The summed E-state index contributed by atoms with van der Waals surface area (Å²) in [5.74, 6) is 2.97. The molecule has 0 unspecified atom stereocenters. The number of nitrogens with one attached hydrogen (secondary N) is 1. The largest absolute Gasteiger partial charge is 0.454 e. The molecule has 0 spiro atoms. The third-order valence-corrected chi connectivity index (χ3v) is 6.45. The second kappa shape index (κ2) is 5.94. The summed E-state index contributed by atoms with van der Waals surface area (Å²) in [5.41, 5.74) is -0.122. The summed E-state index contributed by atoms with van der Waals surface area (Å²) in [6.07, 6.45) is 9.81. The zero-order valence-electron chi connectivity index (χ0n) is 15.0. The first kappa shape index (κ1) is 16.5. The van der Waals surface area contributed by atoms with Crippen LogP contribution in [0.15, 0.2) is 28.9 Å². The highest BCUT2D eigenvalue weighted by atomic mass is 16.6. The van der Waals surface area contributed by atoms with E-state index in [2.05, 4.69) is 10.4 Å². The van der Waals surface area contributed by atoms with Crippen LogP contribution >= 0.6 is 0 Å². The van der Waals surface area contributed by atoms with E-state index in [0.29, 0.717) is 11.5 Å². The Morgan fingerprint density at radius 1 is 1.26 bits per heavy atom. The van der Waals surface area contributed by atoms with Crippen LogP contribution in [-0.2, 0) is 6.54 Å². The lowest BCUT2D eigenvalue weighted by molar-refractivity contribution is -0.385. The van der Waals surface area contributed by atoms with Crippen molar-refractivity contribution in [3.8, 4) is 0 Å². The van der Waals surface area contributed by atoms with Gasteiger partial charge >= 0.3 is 5.69 Å². The van der Waals surface area contributed by atoms with Gasteiger partial charge in [-0.05, 0) is 68.4 Å². The number of rotatable bonds is 5. The van der Waals surface area contributed by atoms with E-state index in [1.807, 2.05) is 0 Å². The maximum atomic E-state index is 12.8. The van der Waals surface area contributed by atoms with Crippen molar-refractivity contribution in [1.82, 2.24) is 15.1 Å². The summed E-state index contributed by atoms with van der Waals surface area (Å²) in [6, 6.07) is 3.39. The van der Waals surface area contributed by atoms with Gasteiger partial charge in [-0.3, -0.25) is 19.6 Å². The summed E-state index contributed by atoms with van der Waals surface area (Å²) in [4.78, 5) is 23.0. The third kappa shape index (κ3) is 3.02. The molecule has 4 fully saturated rings. The normalized spacial score (nSPS) is 31.2. The van der Waals surface area contributed by atoms with E-state index in [1.165, 1.54) is 36.3 Å². The first-order valence-corrected chi connectivity index (χ1v) is 9.56. The molecule has 4 aliphatic carbocycles. The molecule has 0 atom stereocenters. The van der Waals surface area contributed by atoms with Gasteiger partial charge in [0.05, 0.1) is 11.5 Å². The quantitative estimate of drug-likeness (QED) is 0.643. The lowest BCUT2D eigenvalue weighted by Crippen LogP contribution is -2.59. The van der Waals surface area contributed by atoms with Crippen LogP contribution in [0.3, 0.4) is 0 Å². The molecule has 1 N–H and O–H groups in total. The number of carbonyl (C=O) groups is 1. The molecule has 2 heterocycles. The molecule has 27 heavy (non-hydrogen) atoms. The minimum absolute atomic E-state index is 0.0542. The Kier molecular flexibility index (Phi) is 3.63. The van der Waals surface area contributed by atoms with Gasteiger partial charge in [-0.2, -0.15) is 5.10 Å². The Morgan fingerprint density at radius 2 is 1.93 bits per heavy atom. The van der Waals surface area contributed by atoms with Gasteiger partial charge in [-0.15, -0.1) is 0 Å². The number of hydrogen-bond acceptors (Lipinski definition) is 5. The molecule has 4 saturated carbocycles. The Bertz CT molecular complexity index is 864. The van der Waals surface area contributed by atoms with E-state index < -0.39 is 4.92 Å². The van der Waals surface area contributed by atoms with Crippen LogP contribution < -0.4 is 5.32 Å². The van der Waals surface area contributed by atoms with Gasteiger partial charge < -0.3 is 9.73 Å². The van der Waals surface area contributed by atoms with Crippen molar-refractivity contribution < 1.29 is 14.1 Å².